The van der Waals surface area contributed by atoms with Gasteiger partial charge in [0.1, 0.15) is 16.8 Å². The minimum atomic E-state index is -0.482. The van der Waals surface area contributed by atoms with Gasteiger partial charge in [0.2, 0.25) is 5.91 Å². The number of ether oxygens (including phenoxy) is 1. The maximum atomic E-state index is 12.8. The Morgan fingerprint density at radius 2 is 1.94 bits per heavy atom. The standard InChI is InChI=1S/C24H26N4O3S/c1-2-31-20-12-10-18(11-13-20)27-24(30)28-14-6-9-21(28)22(29)25-15-19-16-32-23(26-19)17-7-4-3-5-8-17/h3-5,7-8,10-13,16,21H,2,6,9,14-15H2,1H3,(H,25,29)(H,27,30)/t21-/m1/s1. The Morgan fingerprint density at radius 3 is 2.69 bits per heavy atom. The van der Waals surface area contributed by atoms with Crippen molar-refractivity contribution in [2.24, 2.45) is 0 Å². The first-order valence-electron chi connectivity index (χ1n) is 10.7. The number of benzene rings is 2. The monoisotopic (exact) mass is 450 g/mol. The average Bonchev–Trinajstić information content (AvgIpc) is 3.50. The van der Waals surface area contributed by atoms with Crippen molar-refractivity contribution in [1.82, 2.24) is 15.2 Å². The van der Waals surface area contributed by atoms with E-state index >= 15 is 0 Å². The maximum absolute atomic E-state index is 12.8. The number of anilines is 1. The van der Waals surface area contributed by atoms with Gasteiger partial charge in [0.25, 0.3) is 0 Å². The summed E-state index contributed by atoms with van der Waals surface area (Å²) in [6.45, 7) is 3.40. The molecule has 0 aliphatic carbocycles. The molecule has 1 aliphatic rings. The van der Waals surface area contributed by atoms with E-state index in [1.807, 2.05) is 54.8 Å². The van der Waals surface area contributed by atoms with E-state index in [1.54, 1.807) is 28.4 Å². The smallest absolute Gasteiger partial charge is 0.322 e. The largest absolute Gasteiger partial charge is 0.494 e. The van der Waals surface area contributed by atoms with Gasteiger partial charge in [-0.1, -0.05) is 30.3 Å². The molecule has 3 amide bonds. The highest BCUT2D eigenvalue weighted by molar-refractivity contribution is 7.13. The number of likely N-dealkylation sites (tertiary alicyclic amines) is 1. The minimum Gasteiger partial charge on any atom is -0.494 e. The highest BCUT2D eigenvalue weighted by Crippen LogP contribution is 2.24. The van der Waals surface area contributed by atoms with E-state index < -0.39 is 6.04 Å². The first kappa shape index (κ1) is 21.8. The Morgan fingerprint density at radius 1 is 1.16 bits per heavy atom. The maximum Gasteiger partial charge on any atom is 0.322 e. The Kier molecular flexibility index (Phi) is 7.01. The van der Waals surface area contributed by atoms with E-state index in [0.29, 0.717) is 31.8 Å². The number of nitrogens with one attached hydrogen (secondary N) is 2. The van der Waals surface area contributed by atoms with E-state index in [0.717, 1.165) is 28.4 Å². The molecule has 8 heteroatoms. The van der Waals surface area contributed by atoms with Gasteiger partial charge in [0.05, 0.1) is 18.8 Å². The number of rotatable bonds is 7. The summed E-state index contributed by atoms with van der Waals surface area (Å²) in [5.41, 5.74) is 2.54. The van der Waals surface area contributed by atoms with Crippen LogP contribution in [0.4, 0.5) is 10.5 Å². The molecular formula is C24H26N4O3S. The van der Waals surface area contributed by atoms with Gasteiger partial charge in [0.15, 0.2) is 0 Å². The van der Waals surface area contributed by atoms with Crippen LogP contribution in [0.15, 0.2) is 60.0 Å². The number of carbonyl (C=O) groups is 2. The normalized spacial score (nSPS) is 15.4. The molecule has 1 atom stereocenters. The second kappa shape index (κ2) is 10.3. The molecule has 1 aromatic heterocycles. The molecule has 1 fully saturated rings. The third kappa shape index (κ3) is 5.26. The van der Waals surface area contributed by atoms with E-state index in [9.17, 15) is 9.59 Å². The molecule has 2 aromatic carbocycles. The van der Waals surface area contributed by atoms with Crippen LogP contribution >= 0.6 is 11.3 Å². The minimum absolute atomic E-state index is 0.154. The fraction of sp³-hybridized carbons (Fsp3) is 0.292. The van der Waals surface area contributed by atoms with Crippen molar-refractivity contribution in [2.75, 3.05) is 18.5 Å². The topological polar surface area (TPSA) is 83.6 Å². The molecule has 0 unspecified atom stereocenters. The number of hydrogen-bond acceptors (Lipinski definition) is 5. The van der Waals surface area contributed by atoms with Crippen molar-refractivity contribution in [1.29, 1.82) is 0 Å². The summed E-state index contributed by atoms with van der Waals surface area (Å²) in [6.07, 6.45) is 1.44. The molecule has 7 nitrogen and oxygen atoms in total. The number of carbonyl (C=O) groups excluding carboxylic acids is 2. The van der Waals surface area contributed by atoms with Crippen LogP contribution in [0, 0.1) is 0 Å². The molecule has 166 valence electrons. The molecule has 0 bridgehead atoms. The molecule has 3 aromatic rings. The van der Waals surface area contributed by atoms with Gasteiger partial charge < -0.3 is 20.3 Å². The molecule has 32 heavy (non-hydrogen) atoms. The molecule has 0 saturated carbocycles. The van der Waals surface area contributed by atoms with Crippen molar-refractivity contribution in [3.8, 4) is 16.3 Å². The third-order valence-corrected chi connectivity index (χ3v) is 6.19. The first-order chi connectivity index (χ1) is 15.6. The van der Waals surface area contributed by atoms with Crippen molar-refractivity contribution in [2.45, 2.75) is 32.4 Å². The van der Waals surface area contributed by atoms with Crippen LogP contribution in [0.25, 0.3) is 10.6 Å². The van der Waals surface area contributed by atoms with Crippen LogP contribution in [0.1, 0.15) is 25.5 Å². The molecule has 4 rings (SSSR count). The zero-order valence-corrected chi connectivity index (χ0v) is 18.7. The molecule has 1 saturated heterocycles. The number of hydrogen-bond donors (Lipinski definition) is 2. The fourth-order valence-electron chi connectivity index (χ4n) is 3.68. The summed E-state index contributed by atoms with van der Waals surface area (Å²) < 4.78 is 5.42. The van der Waals surface area contributed by atoms with E-state index in [1.165, 1.54) is 0 Å². The average molecular weight is 451 g/mol. The summed E-state index contributed by atoms with van der Waals surface area (Å²) in [5.74, 6) is 0.597. The molecule has 0 spiro atoms. The molecule has 2 heterocycles. The van der Waals surface area contributed by atoms with E-state index in [-0.39, 0.29) is 11.9 Å². The van der Waals surface area contributed by atoms with E-state index in [2.05, 4.69) is 15.6 Å². The van der Waals surface area contributed by atoms with Crippen molar-refractivity contribution >= 4 is 29.0 Å². The van der Waals surface area contributed by atoms with Crippen molar-refractivity contribution < 1.29 is 14.3 Å². The fourth-order valence-corrected chi connectivity index (χ4v) is 4.50. The number of amides is 3. The van der Waals surface area contributed by atoms with Crippen molar-refractivity contribution in [3.63, 3.8) is 0 Å². The van der Waals surface area contributed by atoms with Gasteiger partial charge in [-0.25, -0.2) is 9.78 Å². The van der Waals surface area contributed by atoms with Gasteiger partial charge in [-0.3, -0.25) is 4.79 Å². The summed E-state index contributed by atoms with van der Waals surface area (Å²) >= 11 is 1.55. The quantitative estimate of drug-likeness (QED) is 0.554. The van der Waals surface area contributed by atoms with Crippen LogP contribution in [-0.2, 0) is 11.3 Å². The number of urea groups is 1. The molecule has 0 radical (unpaired) electrons. The summed E-state index contributed by atoms with van der Waals surface area (Å²) in [5, 5.41) is 8.69. The Labute approximate surface area is 191 Å². The number of nitrogens with zero attached hydrogens (tertiary/aromatic N) is 2. The number of aromatic nitrogens is 1. The molecule has 2 N–H and O–H groups in total. The lowest BCUT2D eigenvalue weighted by Gasteiger charge is -2.24. The van der Waals surface area contributed by atoms with Gasteiger partial charge in [-0.2, -0.15) is 0 Å². The lowest BCUT2D eigenvalue weighted by molar-refractivity contribution is -0.124. The van der Waals surface area contributed by atoms with Gasteiger partial charge in [-0.05, 0) is 44.0 Å². The zero-order valence-electron chi connectivity index (χ0n) is 17.9. The Balaban J connectivity index is 1.32. The first-order valence-corrected chi connectivity index (χ1v) is 11.6. The van der Waals surface area contributed by atoms with Crippen molar-refractivity contribution in [3.05, 3.63) is 65.7 Å². The van der Waals surface area contributed by atoms with Gasteiger partial charge in [-0.15, -0.1) is 11.3 Å². The lowest BCUT2D eigenvalue weighted by Crippen LogP contribution is -2.47. The second-order valence-corrected chi connectivity index (χ2v) is 8.32. The van der Waals surface area contributed by atoms with Crippen LogP contribution in [-0.4, -0.2) is 41.0 Å². The van der Waals surface area contributed by atoms with Crippen LogP contribution in [0.5, 0.6) is 5.75 Å². The third-order valence-electron chi connectivity index (χ3n) is 5.25. The van der Waals surface area contributed by atoms with Crippen LogP contribution in [0.3, 0.4) is 0 Å². The summed E-state index contributed by atoms with van der Waals surface area (Å²) in [6, 6.07) is 16.4. The Hall–Kier alpha value is -3.39. The predicted molar refractivity (Wildman–Crippen MR) is 126 cm³/mol. The highest BCUT2D eigenvalue weighted by Gasteiger charge is 2.34. The van der Waals surface area contributed by atoms with Gasteiger partial charge in [0, 0.05) is 23.2 Å². The van der Waals surface area contributed by atoms with Crippen LogP contribution < -0.4 is 15.4 Å². The lowest BCUT2D eigenvalue weighted by atomic mass is 10.2. The van der Waals surface area contributed by atoms with Gasteiger partial charge >= 0.3 is 6.03 Å². The SMILES string of the molecule is CCOc1ccc(NC(=O)N2CCC[C@@H]2C(=O)NCc2csc(-c3ccccc3)n2)cc1. The summed E-state index contributed by atoms with van der Waals surface area (Å²) in [4.78, 5) is 31.8. The van der Waals surface area contributed by atoms with Crippen LogP contribution in [0.2, 0.25) is 0 Å². The van der Waals surface area contributed by atoms with E-state index in [4.69, 9.17) is 4.74 Å². The zero-order chi connectivity index (χ0) is 22.3. The number of thiazole rings is 1. The molecular weight excluding hydrogens is 424 g/mol. The highest BCUT2D eigenvalue weighted by atomic mass is 32.1. The predicted octanol–water partition coefficient (Wildman–Crippen LogP) is 4.52. The second-order valence-electron chi connectivity index (χ2n) is 7.47. The molecule has 1 aliphatic heterocycles. The summed E-state index contributed by atoms with van der Waals surface area (Å²) in [7, 11) is 0. The Bertz CT molecular complexity index is 1050.